The standard InChI is InChI=1S/C22H18N4O2/c1-15(16-7-3-2-4-8-16)24-22-21(26(27)28)13-12-20(25-22)18-9-5-11-19-17(18)10-6-14-23-19/h2-15H,1H3,(H,24,25)/t15-/m1/s1. The van der Waals surface area contributed by atoms with E-state index < -0.39 is 4.92 Å². The summed E-state index contributed by atoms with van der Waals surface area (Å²) in [5.41, 5.74) is 3.37. The number of nitrogens with one attached hydrogen (secondary N) is 1. The summed E-state index contributed by atoms with van der Waals surface area (Å²) in [6.45, 7) is 1.95. The van der Waals surface area contributed by atoms with Gasteiger partial charge in [-0.05, 0) is 30.7 Å². The van der Waals surface area contributed by atoms with Crippen molar-refractivity contribution in [2.75, 3.05) is 5.32 Å². The molecule has 6 heteroatoms. The van der Waals surface area contributed by atoms with E-state index in [2.05, 4.69) is 15.3 Å². The van der Waals surface area contributed by atoms with Gasteiger partial charge in [-0.2, -0.15) is 0 Å². The zero-order valence-electron chi connectivity index (χ0n) is 15.2. The van der Waals surface area contributed by atoms with Crippen LogP contribution in [0.3, 0.4) is 0 Å². The monoisotopic (exact) mass is 370 g/mol. The van der Waals surface area contributed by atoms with Crippen molar-refractivity contribution in [3.63, 3.8) is 0 Å². The number of hydrogen-bond donors (Lipinski definition) is 1. The lowest BCUT2D eigenvalue weighted by Crippen LogP contribution is -2.10. The summed E-state index contributed by atoms with van der Waals surface area (Å²) < 4.78 is 0. The third kappa shape index (κ3) is 3.40. The molecule has 4 aromatic rings. The van der Waals surface area contributed by atoms with Crippen molar-refractivity contribution in [1.29, 1.82) is 0 Å². The van der Waals surface area contributed by atoms with E-state index in [0.29, 0.717) is 5.69 Å². The van der Waals surface area contributed by atoms with Gasteiger partial charge in [-0.15, -0.1) is 0 Å². The molecular weight excluding hydrogens is 352 g/mol. The Kier molecular flexibility index (Phi) is 4.68. The van der Waals surface area contributed by atoms with E-state index in [1.54, 1.807) is 12.3 Å². The van der Waals surface area contributed by atoms with Gasteiger partial charge in [-0.1, -0.05) is 48.5 Å². The maximum Gasteiger partial charge on any atom is 0.311 e. The molecule has 0 aliphatic carbocycles. The highest BCUT2D eigenvalue weighted by atomic mass is 16.6. The fraction of sp³-hybridized carbons (Fsp3) is 0.0909. The molecule has 0 fully saturated rings. The zero-order valence-corrected chi connectivity index (χ0v) is 15.2. The van der Waals surface area contributed by atoms with E-state index in [0.717, 1.165) is 22.0 Å². The molecule has 0 saturated carbocycles. The SMILES string of the molecule is C[C@@H](Nc1nc(-c2cccc3ncccc23)ccc1[N+](=O)[O-])c1ccccc1. The van der Waals surface area contributed by atoms with Crippen LogP contribution in [0.15, 0.2) is 79.0 Å². The van der Waals surface area contributed by atoms with Crippen LogP contribution >= 0.6 is 0 Å². The van der Waals surface area contributed by atoms with E-state index >= 15 is 0 Å². The molecule has 4 rings (SSSR count). The molecule has 0 aliphatic heterocycles. The van der Waals surface area contributed by atoms with Crippen LogP contribution in [-0.4, -0.2) is 14.9 Å². The number of rotatable bonds is 5. The van der Waals surface area contributed by atoms with E-state index in [-0.39, 0.29) is 17.5 Å². The average Bonchev–Trinajstić information content (AvgIpc) is 2.73. The number of hydrogen-bond acceptors (Lipinski definition) is 5. The predicted octanol–water partition coefficient (Wildman–Crippen LogP) is 5.38. The third-order valence-electron chi connectivity index (χ3n) is 4.65. The van der Waals surface area contributed by atoms with E-state index in [1.807, 2.05) is 67.6 Å². The molecule has 1 atom stereocenters. The number of benzene rings is 2. The number of nitro groups is 1. The quantitative estimate of drug-likeness (QED) is 0.377. The predicted molar refractivity (Wildman–Crippen MR) is 110 cm³/mol. The number of aromatic nitrogens is 2. The van der Waals surface area contributed by atoms with Crippen molar-refractivity contribution in [3.05, 3.63) is 94.7 Å². The second-order valence-electron chi connectivity index (χ2n) is 6.47. The van der Waals surface area contributed by atoms with E-state index in [4.69, 9.17) is 0 Å². The Hall–Kier alpha value is -3.80. The normalized spacial score (nSPS) is 11.9. The van der Waals surface area contributed by atoms with Crippen LogP contribution < -0.4 is 5.32 Å². The third-order valence-corrected chi connectivity index (χ3v) is 4.65. The highest BCUT2D eigenvalue weighted by molar-refractivity contribution is 5.93. The number of nitrogens with zero attached hydrogens (tertiary/aromatic N) is 3. The van der Waals surface area contributed by atoms with Crippen molar-refractivity contribution < 1.29 is 4.92 Å². The molecule has 28 heavy (non-hydrogen) atoms. The lowest BCUT2D eigenvalue weighted by molar-refractivity contribution is -0.384. The number of fused-ring (bicyclic) bond motifs is 1. The van der Waals surface area contributed by atoms with Crippen LogP contribution in [0.25, 0.3) is 22.2 Å². The summed E-state index contributed by atoms with van der Waals surface area (Å²) >= 11 is 0. The van der Waals surface area contributed by atoms with Crippen LogP contribution in [0.5, 0.6) is 0 Å². The highest BCUT2D eigenvalue weighted by Crippen LogP contribution is 2.32. The summed E-state index contributed by atoms with van der Waals surface area (Å²) in [7, 11) is 0. The van der Waals surface area contributed by atoms with Crippen molar-refractivity contribution in [1.82, 2.24) is 9.97 Å². The summed E-state index contributed by atoms with van der Waals surface area (Å²) in [6.07, 6.45) is 1.74. The molecule has 0 saturated heterocycles. The first-order valence-electron chi connectivity index (χ1n) is 8.94. The largest absolute Gasteiger partial charge is 0.358 e. The lowest BCUT2D eigenvalue weighted by Gasteiger charge is -2.16. The first-order chi connectivity index (χ1) is 13.6. The molecule has 0 unspecified atom stereocenters. The molecule has 2 aromatic heterocycles. The van der Waals surface area contributed by atoms with Gasteiger partial charge in [0.25, 0.3) is 0 Å². The minimum atomic E-state index is -0.415. The minimum Gasteiger partial charge on any atom is -0.358 e. The van der Waals surface area contributed by atoms with Gasteiger partial charge in [0.1, 0.15) is 0 Å². The first-order valence-corrected chi connectivity index (χ1v) is 8.94. The summed E-state index contributed by atoms with van der Waals surface area (Å²) in [6, 6.07) is 22.4. The van der Waals surface area contributed by atoms with Gasteiger partial charge in [0.2, 0.25) is 5.82 Å². The summed E-state index contributed by atoms with van der Waals surface area (Å²) in [4.78, 5) is 20.1. The van der Waals surface area contributed by atoms with E-state index in [9.17, 15) is 10.1 Å². The Morgan fingerprint density at radius 3 is 2.57 bits per heavy atom. The molecular formula is C22H18N4O2. The Bertz CT molecular complexity index is 1140. The molecule has 138 valence electrons. The Balaban J connectivity index is 1.78. The molecule has 6 nitrogen and oxygen atoms in total. The van der Waals surface area contributed by atoms with Gasteiger partial charge in [0, 0.05) is 23.2 Å². The molecule has 2 aromatic carbocycles. The van der Waals surface area contributed by atoms with Crippen LogP contribution in [0.1, 0.15) is 18.5 Å². The maximum atomic E-state index is 11.5. The fourth-order valence-electron chi connectivity index (χ4n) is 3.21. The number of pyridine rings is 2. The van der Waals surface area contributed by atoms with Gasteiger partial charge >= 0.3 is 5.69 Å². The highest BCUT2D eigenvalue weighted by Gasteiger charge is 2.19. The molecule has 0 bridgehead atoms. The van der Waals surface area contributed by atoms with Gasteiger partial charge < -0.3 is 5.32 Å². The van der Waals surface area contributed by atoms with Crippen LogP contribution in [0.2, 0.25) is 0 Å². The fourth-order valence-corrected chi connectivity index (χ4v) is 3.21. The molecule has 0 radical (unpaired) electrons. The Morgan fingerprint density at radius 2 is 1.79 bits per heavy atom. The number of anilines is 1. The van der Waals surface area contributed by atoms with E-state index in [1.165, 1.54) is 6.07 Å². The van der Waals surface area contributed by atoms with Crippen LogP contribution in [0, 0.1) is 10.1 Å². The Morgan fingerprint density at radius 1 is 0.964 bits per heavy atom. The molecule has 0 amide bonds. The second kappa shape index (κ2) is 7.44. The molecule has 0 spiro atoms. The van der Waals surface area contributed by atoms with Crippen molar-refractivity contribution in [3.8, 4) is 11.3 Å². The molecule has 0 aliphatic rings. The van der Waals surface area contributed by atoms with Crippen LogP contribution in [0.4, 0.5) is 11.5 Å². The molecule has 1 N–H and O–H groups in total. The first kappa shape index (κ1) is 17.6. The zero-order chi connectivity index (χ0) is 19.5. The van der Waals surface area contributed by atoms with Crippen molar-refractivity contribution in [2.24, 2.45) is 0 Å². The van der Waals surface area contributed by atoms with Gasteiger partial charge in [-0.3, -0.25) is 15.1 Å². The summed E-state index contributed by atoms with van der Waals surface area (Å²) in [5, 5.41) is 15.7. The van der Waals surface area contributed by atoms with Gasteiger partial charge in [-0.25, -0.2) is 4.98 Å². The average molecular weight is 370 g/mol. The second-order valence-corrected chi connectivity index (χ2v) is 6.47. The minimum absolute atomic E-state index is 0.0510. The topological polar surface area (TPSA) is 81.0 Å². The summed E-state index contributed by atoms with van der Waals surface area (Å²) in [5.74, 6) is 0.250. The van der Waals surface area contributed by atoms with Gasteiger partial charge in [0.15, 0.2) is 0 Å². The molecule has 2 heterocycles. The lowest BCUT2D eigenvalue weighted by atomic mass is 10.0. The Labute approximate surface area is 162 Å². The van der Waals surface area contributed by atoms with Crippen molar-refractivity contribution in [2.45, 2.75) is 13.0 Å². The smallest absolute Gasteiger partial charge is 0.311 e. The maximum absolute atomic E-state index is 11.5. The van der Waals surface area contributed by atoms with Crippen LogP contribution in [-0.2, 0) is 0 Å². The van der Waals surface area contributed by atoms with Crippen molar-refractivity contribution >= 4 is 22.4 Å². The van der Waals surface area contributed by atoms with Gasteiger partial charge in [0.05, 0.1) is 22.2 Å².